The maximum Gasteiger partial charge on any atom is 0.327 e. The molecule has 0 aromatic carbocycles. The number of hydrogen-bond acceptors (Lipinski definition) is 15. The zero-order valence-corrected chi connectivity index (χ0v) is 28.3. The molecule has 6 atom stereocenters. The van der Waals surface area contributed by atoms with Crippen molar-refractivity contribution in [1.29, 1.82) is 10.5 Å². The van der Waals surface area contributed by atoms with Crippen molar-refractivity contribution in [3.63, 3.8) is 0 Å². The van der Waals surface area contributed by atoms with Crippen molar-refractivity contribution in [2.75, 3.05) is 11.5 Å². The molecular weight excluding hydrogens is 689 g/mol. The summed E-state index contributed by atoms with van der Waals surface area (Å²) in [5, 5.41) is 46.0. The first kappa shape index (κ1) is 37.5. The van der Waals surface area contributed by atoms with Gasteiger partial charge in [-0.1, -0.05) is 6.42 Å². The van der Waals surface area contributed by atoms with Crippen LogP contribution < -0.4 is 10.6 Å². The van der Waals surface area contributed by atoms with E-state index in [9.17, 15) is 44.7 Å². The second-order valence-corrected chi connectivity index (χ2v) is 14.0. The second-order valence-electron chi connectivity index (χ2n) is 10.1. The molecule has 248 valence electrons. The maximum atomic E-state index is 14.6. The molecule has 1 aliphatic carbocycles. The Hall–Kier alpha value is -3.91. The van der Waals surface area contributed by atoms with Crippen LogP contribution in [0.4, 0.5) is 0 Å². The fraction of sp³-hybridized carbons (Fsp3) is 0.464. The Morgan fingerprint density at radius 1 is 0.787 bits per heavy atom. The van der Waals surface area contributed by atoms with Crippen LogP contribution in [0.1, 0.15) is 55.0 Å². The first-order chi connectivity index (χ1) is 22.5. The van der Waals surface area contributed by atoms with E-state index in [1.165, 1.54) is 38.6 Å². The Kier molecular flexibility index (Phi) is 14.7. The fourth-order valence-corrected chi connectivity index (χ4v) is 9.07. The molecule has 1 aliphatic rings. The minimum atomic E-state index is -1.27. The van der Waals surface area contributed by atoms with Gasteiger partial charge in [-0.15, -0.1) is 23.5 Å². The minimum absolute atomic E-state index is 0.121. The van der Waals surface area contributed by atoms with Crippen LogP contribution in [0.15, 0.2) is 34.8 Å². The molecule has 19 heteroatoms. The maximum absolute atomic E-state index is 14.6. The molecule has 2 aromatic rings. The third-order valence-corrected chi connectivity index (χ3v) is 11.0. The van der Waals surface area contributed by atoms with E-state index in [0.717, 1.165) is 47.0 Å². The first-order valence-electron chi connectivity index (χ1n) is 14.0. The molecule has 2 amide bonds. The topological polar surface area (TPSA) is 249 Å². The first-order valence-corrected chi connectivity index (χ1v) is 17.7. The SMILES string of the molecule is CC(=O)NC(CSC(c1nccnc1SC#N)C1CCCC(C(SCC(NC(C)=O)C(=O)O)c2nccnc2SC#N)C1=O)C(=O)O. The summed E-state index contributed by atoms with van der Waals surface area (Å²) in [6.45, 7) is 2.39. The molecule has 3 rings (SSSR count). The number of thiocyanates is 2. The van der Waals surface area contributed by atoms with Crippen LogP contribution in [0.25, 0.3) is 0 Å². The summed E-state index contributed by atoms with van der Waals surface area (Å²) in [5.41, 5.74) is 0.632. The Morgan fingerprint density at radius 3 is 1.51 bits per heavy atom. The van der Waals surface area contributed by atoms with Crippen LogP contribution in [0, 0.1) is 33.2 Å². The van der Waals surface area contributed by atoms with Crippen molar-refractivity contribution in [1.82, 2.24) is 30.6 Å². The number of carboxylic acid groups (broad SMARTS) is 2. The Morgan fingerprint density at radius 2 is 1.17 bits per heavy atom. The second kappa shape index (κ2) is 18.4. The van der Waals surface area contributed by atoms with Crippen molar-refractivity contribution in [2.24, 2.45) is 11.8 Å². The number of ketones is 1. The molecule has 0 radical (unpaired) electrons. The van der Waals surface area contributed by atoms with Crippen molar-refractivity contribution in [3.05, 3.63) is 36.2 Å². The zero-order chi connectivity index (χ0) is 34.5. The molecule has 2 heterocycles. The number of carbonyl (C=O) groups is 5. The number of carbonyl (C=O) groups excluding carboxylic acids is 3. The van der Waals surface area contributed by atoms with Crippen LogP contribution in [0.5, 0.6) is 0 Å². The fourth-order valence-electron chi connectivity index (χ4n) is 5.04. The number of rotatable bonds is 16. The van der Waals surface area contributed by atoms with E-state index in [1.807, 2.05) is 10.8 Å². The molecular formula is C28H30N8O7S4. The molecule has 47 heavy (non-hydrogen) atoms. The minimum Gasteiger partial charge on any atom is -0.480 e. The number of aromatic nitrogens is 4. The van der Waals surface area contributed by atoms with Gasteiger partial charge in [0.05, 0.1) is 21.9 Å². The average Bonchev–Trinajstić information content (AvgIpc) is 3.02. The number of Topliss-reactive ketones (excluding diaryl/α,β-unsaturated/α-hetero) is 1. The zero-order valence-electron chi connectivity index (χ0n) is 25.1. The Labute approximate surface area is 286 Å². The monoisotopic (exact) mass is 718 g/mol. The molecule has 0 bridgehead atoms. The van der Waals surface area contributed by atoms with Crippen LogP contribution in [-0.2, 0) is 24.0 Å². The molecule has 6 unspecified atom stereocenters. The summed E-state index contributed by atoms with van der Waals surface area (Å²) in [4.78, 5) is 79.3. The highest BCUT2D eigenvalue weighted by atomic mass is 32.2. The number of hydrogen-bond donors (Lipinski definition) is 4. The highest BCUT2D eigenvalue weighted by Crippen LogP contribution is 2.50. The number of aliphatic carboxylic acids is 2. The number of nitrogens with zero attached hydrogens (tertiary/aromatic N) is 6. The Balaban J connectivity index is 2.07. The van der Waals surface area contributed by atoms with E-state index in [-0.39, 0.29) is 27.3 Å². The van der Waals surface area contributed by atoms with E-state index in [0.29, 0.717) is 30.7 Å². The standard InChI is InChI=1S/C28H30N8O7S4/c1-14(37)35-18(27(40)41)10-44-23(20-25(46-12-29)33-8-6-31-20)16-4-3-5-17(22(16)39)24(21-26(47-13-30)34-9-7-32-21)45-11-19(28(42)43)36-15(2)38/h6-9,16-19,23-24H,3-5,10-11H2,1-2H3,(H,35,37)(H,36,38)(H,40,41)(H,42,43). The molecule has 4 N–H and O–H groups in total. The van der Waals surface area contributed by atoms with E-state index < -0.39 is 58.2 Å². The van der Waals surface area contributed by atoms with Gasteiger partial charge < -0.3 is 20.8 Å². The summed E-state index contributed by atoms with van der Waals surface area (Å²) >= 11 is 3.71. The van der Waals surface area contributed by atoms with E-state index >= 15 is 0 Å². The lowest BCUT2D eigenvalue weighted by Crippen LogP contribution is -2.42. The van der Waals surface area contributed by atoms with Gasteiger partial charge in [-0.05, 0) is 12.8 Å². The van der Waals surface area contributed by atoms with Crippen molar-refractivity contribution >= 4 is 76.6 Å². The highest BCUT2D eigenvalue weighted by molar-refractivity contribution is 8.04. The van der Waals surface area contributed by atoms with Crippen molar-refractivity contribution in [2.45, 2.75) is 65.7 Å². The number of nitriles is 2. The molecule has 0 aliphatic heterocycles. The molecule has 2 aromatic heterocycles. The Bertz CT molecular complexity index is 1460. The molecule has 0 spiro atoms. The average molecular weight is 719 g/mol. The number of amides is 2. The van der Waals surface area contributed by atoms with Crippen LogP contribution in [0.3, 0.4) is 0 Å². The number of carboxylic acids is 2. The van der Waals surface area contributed by atoms with Crippen molar-refractivity contribution < 1.29 is 34.2 Å². The van der Waals surface area contributed by atoms with Gasteiger partial charge in [0.25, 0.3) is 0 Å². The molecule has 0 saturated heterocycles. The van der Waals surface area contributed by atoms with Gasteiger partial charge in [0.15, 0.2) is 0 Å². The van der Waals surface area contributed by atoms with E-state index in [4.69, 9.17) is 0 Å². The normalized spacial score (nSPS) is 18.4. The quantitative estimate of drug-likeness (QED) is 0.144. The number of thioether (sulfide) groups is 4. The predicted octanol–water partition coefficient (Wildman–Crippen LogP) is 2.83. The van der Waals surface area contributed by atoms with E-state index in [1.54, 1.807) is 0 Å². The van der Waals surface area contributed by atoms with Gasteiger partial charge in [-0.3, -0.25) is 24.4 Å². The largest absolute Gasteiger partial charge is 0.480 e. The van der Waals surface area contributed by atoms with Crippen molar-refractivity contribution in [3.8, 4) is 10.8 Å². The summed E-state index contributed by atoms with van der Waals surface area (Å²) < 4.78 is 0. The van der Waals surface area contributed by atoms with Crippen LogP contribution in [0.2, 0.25) is 0 Å². The lowest BCUT2D eigenvalue weighted by molar-refractivity contribution is -0.141. The molecule has 1 fully saturated rings. The van der Waals surface area contributed by atoms with Gasteiger partial charge in [-0.25, -0.2) is 19.6 Å². The van der Waals surface area contributed by atoms with Gasteiger partial charge in [0.1, 0.15) is 38.7 Å². The van der Waals surface area contributed by atoms with Crippen LogP contribution >= 0.6 is 47.0 Å². The van der Waals surface area contributed by atoms with Gasteiger partial charge in [0.2, 0.25) is 11.8 Å². The predicted molar refractivity (Wildman–Crippen MR) is 174 cm³/mol. The summed E-state index contributed by atoms with van der Waals surface area (Å²) in [7, 11) is 0. The molecule has 15 nitrogen and oxygen atoms in total. The highest BCUT2D eigenvalue weighted by Gasteiger charge is 2.44. The summed E-state index contributed by atoms with van der Waals surface area (Å²) in [5.74, 6) is -5.60. The third-order valence-electron chi connectivity index (χ3n) is 6.93. The summed E-state index contributed by atoms with van der Waals surface area (Å²) in [6.07, 6.45) is 6.94. The van der Waals surface area contributed by atoms with Gasteiger partial charge in [-0.2, -0.15) is 10.5 Å². The number of nitrogens with one attached hydrogen (secondary N) is 2. The lowest BCUT2D eigenvalue weighted by atomic mass is 9.76. The van der Waals surface area contributed by atoms with Gasteiger partial charge in [0, 0.05) is 85.5 Å². The smallest absolute Gasteiger partial charge is 0.327 e. The van der Waals surface area contributed by atoms with E-state index in [2.05, 4.69) is 30.6 Å². The third kappa shape index (κ3) is 10.5. The molecule has 1 saturated carbocycles. The summed E-state index contributed by atoms with van der Waals surface area (Å²) in [6, 6.07) is -2.54. The van der Waals surface area contributed by atoms with Crippen LogP contribution in [-0.4, -0.2) is 83.3 Å². The lowest BCUT2D eigenvalue weighted by Gasteiger charge is -2.37. The van der Waals surface area contributed by atoms with Gasteiger partial charge >= 0.3 is 11.9 Å².